The van der Waals surface area contributed by atoms with Gasteiger partial charge in [-0.15, -0.1) is 20.4 Å². The predicted octanol–water partition coefficient (Wildman–Crippen LogP) is 5.71. The van der Waals surface area contributed by atoms with Crippen molar-refractivity contribution in [3.8, 4) is 0 Å². The number of nitrogens with zero attached hydrogens (tertiary/aromatic N) is 5. The molecule has 45 heavy (non-hydrogen) atoms. The first-order valence-electron chi connectivity index (χ1n) is 15.6. The van der Waals surface area contributed by atoms with Gasteiger partial charge in [-0.2, -0.15) is 0 Å². The summed E-state index contributed by atoms with van der Waals surface area (Å²) in [5.74, 6) is 0.843. The number of hydrogen-bond acceptors (Lipinski definition) is 10. The molecule has 1 saturated carbocycles. The zero-order valence-electron chi connectivity index (χ0n) is 25.4. The summed E-state index contributed by atoms with van der Waals surface area (Å²) in [5.41, 5.74) is 4.22. The van der Waals surface area contributed by atoms with Crippen molar-refractivity contribution >= 4 is 51.0 Å². The second-order valence-electron chi connectivity index (χ2n) is 11.8. The highest BCUT2D eigenvalue weighted by Crippen LogP contribution is 2.43. The fourth-order valence-electron chi connectivity index (χ4n) is 6.28. The third kappa shape index (κ3) is 8.44. The smallest absolute Gasteiger partial charge is 0.230 e. The Morgan fingerprint density at radius 2 is 1.42 bits per heavy atom. The molecule has 2 aliphatic rings. The standard InChI is InChI=1S/C33H38N8O2S2/c1-34-20-23-7-2-5-21(15-23)17-28(42)36-32-40-38-30(44-32)26-9-4-10-27(19-26)31-39-41-33(45-31)37-29(43)18-22-6-3-8-25(16-22)24-11-13-35-14-12-24/h2-3,5-8,15-16,20,24,26-27,35H,4,9-14,17-19H2,1H3,(H,36,40,42)(H,37,41,43). The van der Waals surface area contributed by atoms with Gasteiger partial charge in [-0.1, -0.05) is 71.6 Å². The molecule has 2 fully saturated rings. The van der Waals surface area contributed by atoms with Gasteiger partial charge in [0.15, 0.2) is 0 Å². The Labute approximate surface area is 271 Å². The first-order chi connectivity index (χ1) is 22.0. The van der Waals surface area contributed by atoms with Crippen LogP contribution in [0.3, 0.4) is 0 Å². The number of aliphatic imine (C=N–C) groups is 1. The first kappa shape index (κ1) is 31.1. The number of nitrogens with one attached hydrogen (secondary N) is 3. The summed E-state index contributed by atoms with van der Waals surface area (Å²) in [7, 11) is 1.73. The average molecular weight is 643 g/mol. The van der Waals surface area contributed by atoms with Gasteiger partial charge in [0.2, 0.25) is 22.1 Å². The lowest BCUT2D eigenvalue weighted by atomic mass is 9.82. The van der Waals surface area contributed by atoms with Crippen LogP contribution in [0.25, 0.3) is 0 Å². The van der Waals surface area contributed by atoms with Gasteiger partial charge in [-0.3, -0.25) is 14.6 Å². The summed E-state index contributed by atoms with van der Waals surface area (Å²) in [6.45, 7) is 2.09. The van der Waals surface area contributed by atoms with Crippen molar-refractivity contribution < 1.29 is 9.59 Å². The van der Waals surface area contributed by atoms with Crippen LogP contribution >= 0.6 is 22.7 Å². The number of benzene rings is 2. The molecule has 2 amide bonds. The maximum absolute atomic E-state index is 12.9. The van der Waals surface area contributed by atoms with E-state index in [2.05, 4.69) is 59.5 Å². The first-order valence-corrected chi connectivity index (χ1v) is 17.2. The lowest BCUT2D eigenvalue weighted by Crippen LogP contribution is -2.26. The molecule has 2 aromatic carbocycles. The lowest BCUT2D eigenvalue weighted by molar-refractivity contribution is -0.116. The number of aromatic nitrogens is 4. The van der Waals surface area contributed by atoms with E-state index in [9.17, 15) is 9.59 Å². The number of carbonyl (C=O) groups is 2. The third-order valence-electron chi connectivity index (χ3n) is 8.47. The summed E-state index contributed by atoms with van der Waals surface area (Å²) >= 11 is 2.90. The van der Waals surface area contributed by atoms with Gasteiger partial charge < -0.3 is 16.0 Å². The van der Waals surface area contributed by atoms with Gasteiger partial charge in [-0.05, 0) is 79.4 Å². The molecule has 10 nitrogen and oxygen atoms in total. The van der Waals surface area contributed by atoms with E-state index in [-0.39, 0.29) is 30.1 Å². The number of amides is 2. The van der Waals surface area contributed by atoms with Crippen LogP contribution in [0.4, 0.5) is 10.3 Å². The molecular weight excluding hydrogens is 605 g/mol. The minimum absolute atomic E-state index is 0.0763. The lowest BCUT2D eigenvalue weighted by Gasteiger charge is -2.25. The van der Waals surface area contributed by atoms with Crippen LogP contribution in [-0.4, -0.2) is 58.6 Å². The summed E-state index contributed by atoms with van der Waals surface area (Å²) in [6, 6.07) is 16.2. The molecule has 2 aromatic heterocycles. The Morgan fingerprint density at radius 3 is 2.04 bits per heavy atom. The van der Waals surface area contributed by atoms with Crippen LogP contribution in [0.15, 0.2) is 53.5 Å². The molecule has 0 bridgehead atoms. The predicted molar refractivity (Wildman–Crippen MR) is 180 cm³/mol. The molecule has 1 aliphatic heterocycles. The van der Waals surface area contributed by atoms with Crippen LogP contribution in [0.5, 0.6) is 0 Å². The fraction of sp³-hybridized carbons (Fsp3) is 0.424. The van der Waals surface area contributed by atoms with E-state index < -0.39 is 0 Å². The van der Waals surface area contributed by atoms with Crippen molar-refractivity contribution in [2.45, 2.75) is 69.1 Å². The van der Waals surface area contributed by atoms with Gasteiger partial charge in [0.05, 0.1) is 12.8 Å². The van der Waals surface area contributed by atoms with Crippen molar-refractivity contribution in [2.75, 3.05) is 30.8 Å². The summed E-state index contributed by atoms with van der Waals surface area (Å²) in [5, 5.41) is 29.7. The Hall–Kier alpha value is -3.87. The molecule has 3 N–H and O–H groups in total. The monoisotopic (exact) mass is 642 g/mol. The number of hydrogen-bond donors (Lipinski definition) is 3. The van der Waals surface area contributed by atoms with Gasteiger partial charge in [0.25, 0.3) is 0 Å². The van der Waals surface area contributed by atoms with Gasteiger partial charge >= 0.3 is 0 Å². The molecule has 0 radical (unpaired) electrons. The highest BCUT2D eigenvalue weighted by molar-refractivity contribution is 7.15. The Bertz CT molecular complexity index is 1640. The Balaban J connectivity index is 1.01. The molecule has 4 aromatic rings. The maximum atomic E-state index is 12.9. The number of piperidine rings is 1. The van der Waals surface area contributed by atoms with Crippen LogP contribution in [0.1, 0.15) is 88.5 Å². The normalized spacial score (nSPS) is 19.0. The molecule has 2 unspecified atom stereocenters. The minimum Gasteiger partial charge on any atom is -0.317 e. The van der Waals surface area contributed by atoms with Crippen molar-refractivity contribution in [3.05, 3.63) is 80.8 Å². The van der Waals surface area contributed by atoms with Crippen LogP contribution < -0.4 is 16.0 Å². The molecule has 0 spiro atoms. The Morgan fingerprint density at radius 1 is 0.822 bits per heavy atom. The van der Waals surface area contributed by atoms with Gasteiger partial charge in [-0.25, -0.2) is 0 Å². The van der Waals surface area contributed by atoms with E-state index in [4.69, 9.17) is 0 Å². The van der Waals surface area contributed by atoms with Gasteiger partial charge in [0.1, 0.15) is 10.0 Å². The quantitative estimate of drug-likeness (QED) is 0.189. The van der Waals surface area contributed by atoms with Crippen molar-refractivity contribution in [3.63, 3.8) is 0 Å². The molecule has 6 rings (SSSR count). The van der Waals surface area contributed by atoms with Crippen molar-refractivity contribution in [1.29, 1.82) is 0 Å². The SMILES string of the molecule is CN=Cc1cccc(CC(=O)Nc2nnc(C3CCCC(c4nnc(NC(=O)Cc5cccc(C6CCNCC6)c5)s4)C3)s2)c1. The van der Waals surface area contributed by atoms with E-state index in [1.165, 1.54) is 28.2 Å². The third-order valence-corrected chi connectivity index (χ3v) is 10.5. The van der Waals surface area contributed by atoms with E-state index in [1.54, 1.807) is 13.3 Å². The van der Waals surface area contributed by atoms with Crippen LogP contribution in [-0.2, 0) is 22.4 Å². The zero-order chi connectivity index (χ0) is 31.0. The van der Waals surface area contributed by atoms with E-state index >= 15 is 0 Å². The molecule has 1 aliphatic carbocycles. The summed E-state index contributed by atoms with van der Waals surface area (Å²) in [6.07, 6.45) is 8.58. The van der Waals surface area contributed by atoms with Crippen LogP contribution in [0.2, 0.25) is 0 Å². The highest BCUT2D eigenvalue weighted by atomic mass is 32.1. The number of carbonyl (C=O) groups excluding carboxylic acids is 2. The van der Waals surface area contributed by atoms with E-state index in [1.807, 2.05) is 30.3 Å². The molecule has 1 saturated heterocycles. The molecule has 12 heteroatoms. The molecule has 234 valence electrons. The van der Waals surface area contributed by atoms with E-state index in [0.29, 0.717) is 22.6 Å². The fourth-order valence-corrected chi connectivity index (χ4v) is 8.09. The minimum atomic E-state index is -0.122. The Kier molecular flexibility index (Phi) is 10.3. The van der Waals surface area contributed by atoms with Gasteiger partial charge in [0, 0.05) is 25.1 Å². The topological polar surface area (TPSA) is 134 Å². The average Bonchev–Trinajstić information content (AvgIpc) is 3.72. The maximum Gasteiger partial charge on any atom is 0.230 e. The van der Waals surface area contributed by atoms with Crippen molar-refractivity contribution in [1.82, 2.24) is 25.7 Å². The summed E-state index contributed by atoms with van der Waals surface area (Å²) in [4.78, 5) is 29.6. The molecule has 2 atom stereocenters. The summed E-state index contributed by atoms with van der Waals surface area (Å²) < 4.78 is 0. The van der Waals surface area contributed by atoms with Crippen LogP contribution in [0, 0.1) is 0 Å². The molecular formula is C33H38N8O2S2. The second kappa shape index (κ2) is 14.9. The largest absolute Gasteiger partial charge is 0.317 e. The van der Waals surface area contributed by atoms with E-state index in [0.717, 1.165) is 78.3 Å². The zero-order valence-corrected chi connectivity index (χ0v) is 27.0. The van der Waals surface area contributed by atoms with Crippen molar-refractivity contribution in [2.24, 2.45) is 4.99 Å². The molecule has 3 heterocycles. The highest BCUT2D eigenvalue weighted by Gasteiger charge is 2.29. The number of rotatable bonds is 10. The second-order valence-corrected chi connectivity index (χ2v) is 13.8. The number of anilines is 2.